The number of halogens is 2. The van der Waals surface area contributed by atoms with Crippen LogP contribution in [-0.4, -0.2) is 0 Å². The average Bonchev–Trinajstić information content (AvgIpc) is 2.40. The SMILES string of the molecule is CCc1ccccc1CNc1ccc(F)c(F)c1. The molecule has 0 fully saturated rings. The molecule has 1 nitrogen and oxygen atoms in total. The Bertz CT molecular complexity index is 538. The quantitative estimate of drug-likeness (QED) is 0.856. The normalized spacial score (nSPS) is 10.4. The lowest BCUT2D eigenvalue weighted by Gasteiger charge is -2.10. The van der Waals surface area contributed by atoms with E-state index < -0.39 is 11.6 Å². The van der Waals surface area contributed by atoms with Crippen LogP contribution in [0.4, 0.5) is 14.5 Å². The molecule has 0 aromatic heterocycles. The van der Waals surface area contributed by atoms with E-state index in [1.54, 1.807) is 0 Å². The molecule has 0 heterocycles. The van der Waals surface area contributed by atoms with E-state index in [2.05, 4.69) is 18.3 Å². The van der Waals surface area contributed by atoms with Crippen LogP contribution in [0.2, 0.25) is 0 Å². The zero-order valence-corrected chi connectivity index (χ0v) is 10.2. The summed E-state index contributed by atoms with van der Waals surface area (Å²) in [6, 6.07) is 11.9. The molecule has 0 aliphatic heterocycles. The molecule has 2 aromatic rings. The van der Waals surface area contributed by atoms with Gasteiger partial charge in [0, 0.05) is 18.3 Å². The van der Waals surface area contributed by atoms with Crippen LogP contribution in [0.5, 0.6) is 0 Å². The molecule has 0 spiro atoms. The number of aryl methyl sites for hydroxylation is 1. The molecule has 0 bridgehead atoms. The van der Waals surface area contributed by atoms with E-state index in [0.29, 0.717) is 12.2 Å². The second-order valence-corrected chi connectivity index (χ2v) is 4.10. The highest BCUT2D eigenvalue weighted by Crippen LogP contribution is 2.16. The molecular weight excluding hydrogens is 232 g/mol. The van der Waals surface area contributed by atoms with E-state index in [-0.39, 0.29) is 0 Å². The molecule has 2 rings (SSSR count). The Morgan fingerprint density at radius 1 is 0.944 bits per heavy atom. The number of hydrogen-bond donors (Lipinski definition) is 1. The third kappa shape index (κ3) is 2.86. The smallest absolute Gasteiger partial charge is 0.160 e. The summed E-state index contributed by atoms with van der Waals surface area (Å²) in [4.78, 5) is 0. The van der Waals surface area contributed by atoms with Crippen LogP contribution >= 0.6 is 0 Å². The van der Waals surface area contributed by atoms with Crippen LogP contribution in [0.25, 0.3) is 0 Å². The van der Waals surface area contributed by atoms with Gasteiger partial charge >= 0.3 is 0 Å². The first-order valence-electron chi connectivity index (χ1n) is 5.96. The van der Waals surface area contributed by atoms with Crippen molar-refractivity contribution < 1.29 is 8.78 Å². The molecule has 0 saturated carbocycles. The van der Waals surface area contributed by atoms with Crippen molar-refractivity contribution >= 4 is 5.69 Å². The van der Waals surface area contributed by atoms with Gasteiger partial charge in [-0.1, -0.05) is 31.2 Å². The van der Waals surface area contributed by atoms with E-state index in [1.807, 2.05) is 18.2 Å². The molecule has 2 aromatic carbocycles. The second kappa shape index (κ2) is 5.63. The summed E-state index contributed by atoms with van der Waals surface area (Å²) in [6.45, 7) is 2.70. The summed E-state index contributed by atoms with van der Waals surface area (Å²) in [5, 5.41) is 3.10. The third-order valence-electron chi connectivity index (χ3n) is 2.90. The van der Waals surface area contributed by atoms with E-state index >= 15 is 0 Å². The second-order valence-electron chi connectivity index (χ2n) is 4.10. The molecule has 0 atom stereocenters. The van der Waals surface area contributed by atoms with Gasteiger partial charge in [0.2, 0.25) is 0 Å². The largest absolute Gasteiger partial charge is 0.381 e. The van der Waals surface area contributed by atoms with Crippen LogP contribution in [0.3, 0.4) is 0 Å². The maximum Gasteiger partial charge on any atom is 0.160 e. The molecule has 0 aliphatic rings. The monoisotopic (exact) mass is 247 g/mol. The minimum Gasteiger partial charge on any atom is -0.381 e. The van der Waals surface area contributed by atoms with Crippen molar-refractivity contribution in [2.45, 2.75) is 19.9 Å². The molecule has 3 heteroatoms. The topological polar surface area (TPSA) is 12.0 Å². The van der Waals surface area contributed by atoms with Gasteiger partial charge in [0.25, 0.3) is 0 Å². The Kier molecular flexibility index (Phi) is 3.92. The Balaban J connectivity index is 2.09. The highest BCUT2D eigenvalue weighted by molar-refractivity contribution is 5.44. The van der Waals surface area contributed by atoms with Gasteiger partial charge in [0.05, 0.1) is 0 Å². The van der Waals surface area contributed by atoms with Gasteiger partial charge in [-0.25, -0.2) is 8.78 Å². The lowest BCUT2D eigenvalue weighted by atomic mass is 10.1. The molecule has 0 aliphatic carbocycles. The Hall–Kier alpha value is -1.90. The number of anilines is 1. The predicted molar refractivity (Wildman–Crippen MR) is 69.5 cm³/mol. The lowest BCUT2D eigenvalue weighted by Crippen LogP contribution is -2.03. The summed E-state index contributed by atoms with van der Waals surface area (Å²) < 4.78 is 25.8. The van der Waals surface area contributed by atoms with Crippen molar-refractivity contribution in [2.75, 3.05) is 5.32 Å². The fourth-order valence-corrected chi connectivity index (χ4v) is 1.88. The molecular formula is C15H15F2N. The standard InChI is InChI=1S/C15H15F2N/c1-2-11-5-3-4-6-12(11)10-18-13-7-8-14(16)15(17)9-13/h3-9,18H,2,10H2,1H3. The predicted octanol–water partition coefficient (Wildman–Crippen LogP) is 4.14. The van der Waals surface area contributed by atoms with Gasteiger partial charge in [0.15, 0.2) is 11.6 Å². The highest BCUT2D eigenvalue weighted by atomic mass is 19.2. The number of rotatable bonds is 4. The van der Waals surface area contributed by atoms with Gasteiger partial charge < -0.3 is 5.32 Å². The first kappa shape index (κ1) is 12.6. The van der Waals surface area contributed by atoms with Crippen molar-refractivity contribution in [1.29, 1.82) is 0 Å². The van der Waals surface area contributed by atoms with Crippen LogP contribution < -0.4 is 5.32 Å². The van der Waals surface area contributed by atoms with Crippen molar-refractivity contribution in [2.24, 2.45) is 0 Å². The molecule has 0 saturated heterocycles. The number of benzene rings is 2. The van der Waals surface area contributed by atoms with Gasteiger partial charge in [-0.15, -0.1) is 0 Å². The maximum atomic E-state index is 13.0. The fourth-order valence-electron chi connectivity index (χ4n) is 1.88. The summed E-state index contributed by atoms with van der Waals surface area (Å²) in [7, 11) is 0. The Morgan fingerprint density at radius 3 is 2.33 bits per heavy atom. The van der Waals surface area contributed by atoms with Gasteiger partial charge in [0.1, 0.15) is 0 Å². The summed E-state index contributed by atoms with van der Waals surface area (Å²) in [6.07, 6.45) is 0.954. The summed E-state index contributed by atoms with van der Waals surface area (Å²) in [5.41, 5.74) is 3.01. The summed E-state index contributed by atoms with van der Waals surface area (Å²) >= 11 is 0. The van der Waals surface area contributed by atoms with Crippen molar-refractivity contribution in [1.82, 2.24) is 0 Å². The van der Waals surface area contributed by atoms with Crippen LogP contribution in [0, 0.1) is 11.6 Å². The third-order valence-corrected chi connectivity index (χ3v) is 2.90. The Labute approximate surface area is 105 Å². The van der Waals surface area contributed by atoms with Crippen LogP contribution in [0.15, 0.2) is 42.5 Å². The van der Waals surface area contributed by atoms with Crippen molar-refractivity contribution in [3.63, 3.8) is 0 Å². The van der Waals surface area contributed by atoms with E-state index in [9.17, 15) is 8.78 Å². The first-order chi connectivity index (χ1) is 8.70. The highest BCUT2D eigenvalue weighted by Gasteiger charge is 2.03. The van der Waals surface area contributed by atoms with Crippen molar-refractivity contribution in [3.05, 3.63) is 65.2 Å². The first-order valence-corrected chi connectivity index (χ1v) is 5.96. The number of nitrogens with one attached hydrogen (secondary N) is 1. The van der Waals surface area contributed by atoms with E-state index in [0.717, 1.165) is 12.5 Å². The van der Waals surface area contributed by atoms with Gasteiger partial charge in [-0.2, -0.15) is 0 Å². The number of hydrogen-bond acceptors (Lipinski definition) is 1. The minimum atomic E-state index is -0.830. The molecule has 0 radical (unpaired) electrons. The van der Waals surface area contributed by atoms with E-state index in [1.165, 1.54) is 23.3 Å². The molecule has 18 heavy (non-hydrogen) atoms. The zero-order valence-electron chi connectivity index (χ0n) is 10.2. The van der Waals surface area contributed by atoms with Gasteiger partial charge in [-0.05, 0) is 29.7 Å². The van der Waals surface area contributed by atoms with Gasteiger partial charge in [-0.3, -0.25) is 0 Å². The van der Waals surface area contributed by atoms with Crippen LogP contribution in [0.1, 0.15) is 18.1 Å². The maximum absolute atomic E-state index is 13.0. The molecule has 94 valence electrons. The lowest BCUT2D eigenvalue weighted by molar-refractivity contribution is 0.509. The van der Waals surface area contributed by atoms with Crippen LogP contribution in [-0.2, 0) is 13.0 Å². The summed E-state index contributed by atoms with van der Waals surface area (Å²) in [5.74, 6) is -1.65. The minimum absolute atomic E-state index is 0.583. The van der Waals surface area contributed by atoms with Crippen molar-refractivity contribution in [3.8, 4) is 0 Å². The van der Waals surface area contributed by atoms with E-state index in [4.69, 9.17) is 0 Å². The molecule has 0 unspecified atom stereocenters. The fraction of sp³-hybridized carbons (Fsp3) is 0.200. The molecule has 1 N–H and O–H groups in total. The zero-order chi connectivity index (χ0) is 13.0. The molecule has 0 amide bonds. The Morgan fingerprint density at radius 2 is 1.67 bits per heavy atom. The average molecular weight is 247 g/mol.